The number of aliphatic hydroxyl groups excluding tert-OH is 6. The largest absolute Gasteiger partial charge is 2.00 e. The van der Waals surface area contributed by atoms with Crippen LogP contribution in [-0.2, 0) is 52.9 Å². The zero-order valence-electron chi connectivity index (χ0n) is 83.2. The second-order valence-corrected chi connectivity index (χ2v) is 38.1. The van der Waals surface area contributed by atoms with Crippen LogP contribution in [0.5, 0.6) is 0 Å². The van der Waals surface area contributed by atoms with E-state index in [9.17, 15) is 61.8 Å². The molecular weight excluding hydrogens is 1760 g/mol. The maximum atomic E-state index is 12.0. The monoisotopic (exact) mass is 1930 g/mol. The van der Waals surface area contributed by atoms with Gasteiger partial charge in [-0.15, -0.1) is 12.4 Å². The molecule has 3 fully saturated rings. The van der Waals surface area contributed by atoms with Gasteiger partial charge in [-0.05, 0) is 236 Å². The topological polar surface area (TPSA) is 591 Å². The maximum Gasteiger partial charge on any atom is 2.00 e. The van der Waals surface area contributed by atoms with Crippen molar-refractivity contribution in [3.8, 4) is 0 Å². The molecule has 9 atom stereocenters. The molecule has 0 radical (unpaired) electrons. The van der Waals surface area contributed by atoms with Gasteiger partial charge in [0.2, 0.25) is 5.91 Å². The Morgan fingerprint density at radius 2 is 0.837 bits per heavy atom. The fourth-order valence-corrected chi connectivity index (χ4v) is 11.7. The number of likely N-dealkylation sites (N-methyl/N-ethyl adjacent to an activating group) is 4. The van der Waals surface area contributed by atoms with Gasteiger partial charge in [0.05, 0.1) is 67.7 Å². The summed E-state index contributed by atoms with van der Waals surface area (Å²) in [6.45, 7) is 38.1. The number of nitrogens with two attached hydrogens (primary N) is 2. The molecule has 0 aliphatic heterocycles. The Morgan fingerprint density at radius 3 is 1.12 bits per heavy atom. The van der Waals surface area contributed by atoms with E-state index < -0.39 is 130 Å². The molecule has 1 aromatic carbocycles. The van der Waals surface area contributed by atoms with Crippen LogP contribution < -0.4 is 66.4 Å². The van der Waals surface area contributed by atoms with Crippen molar-refractivity contribution in [1.82, 2.24) is 52.3 Å². The Morgan fingerprint density at radius 1 is 0.512 bits per heavy atom. The van der Waals surface area contributed by atoms with Crippen LogP contribution in [0.1, 0.15) is 266 Å². The van der Waals surface area contributed by atoms with Crippen molar-refractivity contribution in [1.29, 1.82) is 0 Å². The minimum atomic E-state index is -4.02. The van der Waals surface area contributed by atoms with Crippen molar-refractivity contribution >= 4 is 100 Å². The van der Waals surface area contributed by atoms with E-state index in [4.69, 9.17) is 64.2 Å². The standard InChI is InChI=1S/C16H32N2O3.C11H24N2O.C10H21NO3.C10H19NO3.C9H18N2O4.C9H20N2O3.C8H15NO5.C7H8O3S.C6H11.CH5N.2ClH.Mg.H2O/c1-16(2,3)21-15(20)17-13(11-18(4)5)14(19)12-9-7-6-8-10-12;1-13(2)8-10(12)11(14)9-6-4-3-5-7-9;2*1-5-6-8(7-12)11-9(13)14-10(2,3)4;1-9(2,3)15-8(14)11-6(5-12)7(13)10-4;1-9(2,3)14-8(13)11-7(6-12)5-10-4;1-8(2,3)14-7(13)9-5(4-10)6(11)12;1-6-2-4-7(5-3-6)11(8,9)10;1-2-4-6-5-3-1;1-2;;;;/h12-14,19H,6-11H2,1-5H3,(H,17,20);9-11,14H,3-8,12H2,1-2H3;8,12H,5-7H2,1-4H3,(H,11,13);7-8H,5-6H2,1-4H3,(H,11,13);6,12H,5H2,1-4H3,(H,10,13)(H,11,14);7,10,12H,5-6H2,1-4H3,(H,11,13);5,10H,4H2,1-3H3,(H,9,13)(H,11,12);2-5H,1H3,(H,8,9,10);1H,2-6H2;2H2,1H3;2*1H;;1H2/q;;;;;;;;-1;;;;+2;/p-1/t13-,14-;10-,11-;2*8-;6-;7-;5-;;;;;;;/m1111010......./s1. The molecule has 0 aromatic heterocycles. The summed E-state index contributed by atoms with van der Waals surface area (Å²) in [7, 11) is 8.52. The average Bonchev–Trinajstić information content (AvgIpc) is 0.875. The number of halogens is 2. The molecule has 1 aromatic rings. The van der Waals surface area contributed by atoms with Gasteiger partial charge in [-0.3, -0.25) is 9.35 Å². The number of amides is 7. The van der Waals surface area contributed by atoms with E-state index in [1.54, 1.807) is 123 Å². The molecule has 42 heteroatoms. The number of hydrogen-bond acceptors (Lipinski definition) is 28. The van der Waals surface area contributed by atoms with Crippen molar-refractivity contribution in [2.45, 2.75) is 360 Å². The molecule has 7 amide bonds. The van der Waals surface area contributed by atoms with E-state index in [1.165, 1.54) is 96.9 Å². The predicted octanol–water partition coefficient (Wildman–Crippen LogP) is 5.61. The number of nitrogens with zero attached hydrogens (tertiary/aromatic N) is 2. The number of aldehydes is 1. The van der Waals surface area contributed by atoms with E-state index in [1.807, 2.05) is 84.8 Å². The first-order chi connectivity index (χ1) is 57.5. The van der Waals surface area contributed by atoms with Crippen LogP contribution in [0.15, 0.2) is 29.2 Å². The fraction of sp³-hybridized carbons (Fsp3) is 0.816. The molecule has 3 saturated carbocycles. The first-order valence-electron chi connectivity index (χ1n) is 43.3. The number of aliphatic carboxylic acids is 1. The summed E-state index contributed by atoms with van der Waals surface area (Å²) in [5, 5.41) is 84.4. The van der Waals surface area contributed by atoms with Crippen molar-refractivity contribution in [2.75, 3.05) is 95.4 Å². The predicted molar refractivity (Wildman–Crippen MR) is 504 cm³/mol. The molecular formula is C87H176Cl2MgN12O26S. The van der Waals surface area contributed by atoms with Crippen LogP contribution in [0.4, 0.5) is 28.8 Å². The maximum absolute atomic E-state index is 12.0. The molecule has 0 unspecified atom stereocenters. The third-order valence-electron chi connectivity index (χ3n) is 16.6. The number of alkyl carbamates (subject to hydrolysis) is 6. The molecule has 0 heterocycles. The van der Waals surface area contributed by atoms with Crippen LogP contribution in [-0.4, -0.2) is 325 Å². The second-order valence-electron chi connectivity index (χ2n) is 36.7. The number of hydrogen-bond donors (Lipinski definition) is 18. The molecule has 22 N–H and O–H groups in total. The summed E-state index contributed by atoms with van der Waals surface area (Å²) in [6.07, 6.45) is 20.8. The molecule has 3 aliphatic rings. The van der Waals surface area contributed by atoms with E-state index in [0.29, 0.717) is 25.4 Å². The number of nitrogens with one attached hydrogen (secondary N) is 8. The van der Waals surface area contributed by atoms with Crippen molar-refractivity contribution in [2.24, 2.45) is 23.3 Å². The number of carbonyl (C=O) groups is 9. The van der Waals surface area contributed by atoms with Gasteiger partial charge < -0.3 is 157 Å². The van der Waals surface area contributed by atoms with Crippen LogP contribution >= 0.6 is 12.4 Å². The third kappa shape index (κ3) is 91.1. The number of rotatable bonds is 28. The van der Waals surface area contributed by atoms with Gasteiger partial charge in [0.1, 0.15) is 45.9 Å². The van der Waals surface area contributed by atoms with Gasteiger partial charge >= 0.3 is 65.6 Å². The van der Waals surface area contributed by atoms with Crippen molar-refractivity contribution in [3.63, 3.8) is 0 Å². The van der Waals surface area contributed by atoms with Gasteiger partial charge in [-0.1, -0.05) is 102 Å². The van der Waals surface area contributed by atoms with E-state index >= 15 is 0 Å². The Bertz CT molecular complexity index is 3080. The molecule has 38 nitrogen and oxygen atoms in total. The Hall–Kier alpha value is -5.77. The van der Waals surface area contributed by atoms with Gasteiger partial charge in [-0.2, -0.15) is 21.3 Å². The molecule has 3 aliphatic carbocycles. The van der Waals surface area contributed by atoms with Crippen LogP contribution in [0.25, 0.3) is 0 Å². The number of carboxylic acid groups (broad SMARTS) is 1. The van der Waals surface area contributed by atoms with Crippen LogP contribution in [0.2, 0.25) is 0 Å². The summed E-state index contributed by atoms with van der Waals surface area (Å²) in [6, 6.07) is 2.35. The first-order valence-corrected chi connectivity index (χ1v) is 44.8. The summed E-state index contributed by atoms with van der Waals surface area (Å²) in [5.41, 5.74) is 8.04. The first kappa shape index (κ1) is 144. The molecule has 4 rings (SSSR count). The molecule has 0 bridgehead atoms. The number of benzene rings is 1. The normalized spacial score (nSPS) is 15.3. The minimum Gasteiger partial charge on any atom is -1.00 e. The molecule has 0 spiro atoms. The van der Waals surface area contributed by atoms with Crippen LogP contribution in [0.3, 0.4) is 0 Å². The van der Waals surface area contributed by atoms with Gasteiger partial charge in [-0.25, -0.2) is 33.6 Å². The fourth-order valence-electron chi connectivity index (χ4n) is 11.2. The summed E-state index contributed by atoms with van der Waals surface area (Å²) >= 11 is 0. The minimum absolute atomic E-state index is 0. The van der Waals surface area contributed by atoms with Crippen molar-refractivity contribution in [3.05, 3.63) is 36.2 Å². The summed E-state index contributed by atoms with van der Waals surface area (Å²) in [4.78, 5) is 104. The molecule has 129 heavy (non-hydrogen) atoms. The average molecular weight is 1930 g/mol. The number of carbonyl (C=O) groups excluding carboxylic acids is 8. The number of aliphatic hydroxyl groups is 6. The smallest absolute Gasteiger partial charge is 1.00 e. The molecule has 762 valence electrons. The Kier molecular flexibility index (Phi) is 87.4. The summed E-state index contributed by atoms with van der Waals surface area (Å²) in [5.74, 6) is -1.06. The SMILES string of the molecule is CC(C)(C)OC(=O)N[C@@H](CO)C(=O)O.CCC[C@H](C=O)NC(=O)OC(C)(C)C.CCC[C@H](CO)NC(=O)OC(C)(C)C.CN.CN(C)C[C@@H](N)[C@H](O)C1CCCCC1.CN(C)C[C@@H](NC(=O)OC(C)(C)C)[C@H](O)C1CCCCC1.CNC(=O)[C@H](CO)NC(=O)OC(C)(C)C.CNC[C@H](CO)NC(=O)OC(C)(C)C.Cc1ccc(S(=O)(=O)O)cc1.Cl.O.[CH-]1CCCCC1.[Cl-].[Mg+2]. The van der Waals surface area contributed by atoms with E-state index in [0.717, 1.165) is 63.3 Å². The quantitative estimate of drug-likeness (QED) is 0.0159. The Labute approximate surface area is 801 Å². The third-order valence-corrected chi connectivity index (χ3v) is 17.5. The number of ether oxygens (including phenoxy) is 6. The summed E-state index contributed by atoms with van der Waals surface area (Å²) < 4.78 is 59.7. The Balaban J connectivity index is -0.000000155. The number of carboxylic acids is 1. The van der Waals surface area contributed by atoms with Gasteiger partial charge in [0.25, 0.3) is 10.1 Å². The van der Waals surface area contributed by atoms with Gasteiger partial charge in [0, 0.05) is 32.7 Å². The van der Waals surface area contributed by atoms with E-state index in [2.05, 4.69) is 49.4 Å². The van der Waals surface area contributed by atoms with Crippen LogP contribution in [0, 0.1) is 25.2 Å². The zero-order valence-corrected chi connectivity index (χ0v) is 87.0. The second kappa shape index (κ2) is 78.5. The van der Waals surface area contributed by atoms with E-state index in [-0.39, 0.29) is 108 Å². The zero-order chi connectivity index (χ0) is 98.3. The van der Waals surface area contributed by atoms with Crippen molar-refractivity contribution < 1.29 is 138 Å². The number of aryl methyl sites for hydroxylation is 1. The van der Waals surface area contributed by atoms with Gasteiger partial charge in [0.15, 0.2) is 6.04 Å². The molecule has 0 saturated heterocycles.